The molecule has 15 heteroatoms. The van der Waals surface area contributed by atoms with Crippen molar-refractivity contribution in [2.24, 2.45) is 16.7 Å². The molecule has 1 aliphatic heterocycles. The largest absolute Gasteiger partial charge is 0.456 e. The standard InChI is InChI=1S/C43H53NO14/c1-22-26(55-37(51)32(48)30(24-15-11-9-12-16-24)44-38(52)58-39(3,4)5)20-43(53)35(56-36(50)25-17-13-10-14-18-25)33-41(8,34(49)31(47)29(22)40(43,6)7)27(46)19-28-42(33,21-54-28)57-23(2)45/h9-18,26-28,30-33,35,46-48,53H,19-21H2,1-8H3,(H,44,52)/t26-,27+,28+,30-,31+,32+,33?,35?,41+,42-,43+/m0/s1. The summed E-state index contributed by atoms with van der Waals surface area (Å²) in [5, 5.41) is 51.6. The number of ether oxygens (including phenoxy) is 5. The van der Waals surface area contributed by atoms with E-state index in [9.17, 15) is 44.4 Å². The van der Waals surface area contributed by atoms with Crippen molar-refractivity contribution in [3.8, 4) is 0 Å². The van der Waals surface area contributed by atoms with Crippen LogP contribution in [0.25, 0.3) is 0 Å². The van der Waals surface area contributed by atoms with Crippen LogP contribution in [0.4, 0.5) is 4.79 Å². The zero-order valence-corrected chi connectivity index (χ0v) is 33.9. The number of ketones is 1. The molecule has 1 heterocycles. The molecule has 3 fully saturated rings. The number of benzene rings is 2. The first-order valence-corrected chi connectivity index (χ1v) is 19.3. The fraction of sp³-hybridized carbons (Fsp3) is 0.558. The van der Waals surface area contributed by atoms with Gasteiger partial charge in [-0.15, -0.1) is 0 Å². The van der Waals surface area contributed by atoms with Crippen LogP contribution in [0, 0.1) is 16.7 Å². The van der Waals surface area contributed by atoms with Crippen LogP contribution >= 0.6 is 0 Å². The number of rotatable bonds is 8. The summed E-state index contributed by atoms with van der Waals surface area (Å²) in [6.07, 6.45) is -11.5. The molecule has 2 aromatic carbocycles. The van der Waals surface area contributed by atoms with Gasteiger partial charge in [-0.05, 0) is 63.5 Å². The molecule has 6 rings (SSSR count). The minimum absolute atomic E-state index is 0.0637. The smallest absolute Gasteiger partial charge is 0.408 e. The second-order valence-corrected chi connectivity index (χ2v) is 17.6. The van der Waals surface area contributed by atoms with Gasteiger partial charge in [-0.2, -0.15) is 0 Å². The maximum atomic E-state index is 14.9. The van der Waals surface area contributed by atoms with Crippen LogP contribution in [-0.4, -0.2) is 110 Å². The quantitative estimate of drug-likeness (QED) is 0.147. The first-order valence-electron chi connectivity index (χ1n) is 19.3. The van der Waals surface area contributed by atoms with E-state index in [1.165, 1.54) is 26.0 Å². The molecule has 3 aliphatic carbocycles. The molecule has 2 bridgehead atoms. The van der Waals surface area contributed by atoms with Gasteiger partial charge in [0.25, 0.3) is 0 Å². The van der Waals surface area contributed by atoms with Crippen LogP contribution < -0.4 is 5.32 Å². The van der Waals surface area contributed by atoms with Crippen LogP contribution in [0.15, 0.2) is 71.8 Å². The molecule has 2 aromatic rings. The molecule has 15 nitrogen and oxygen atoms in total. The van der Waals surface area contributed by atoms with Gasteiger partial charge in [0.1, 0.15) is 35.6 Å². The van der Waals surface area contributed by atoms with Crippen LogP contribution in [0.5, 0.6) is 0 Å². The number of esters is 3. The summed E-state index contributed by atoms with van der Waals surface area (Å²) in [6, 6.07) is 14.6. The van der Waals surface area contributed by atoms with Crippen LogP contribution in [0.2, 0.25) is 0 Å². The molecule has 2 saturated carbocycles. The summed E-state index contributed by atoms with van der Waals surface area (Å²) >= 11 is 0. The molecule has 314 valence electrons. The van der Waals surface area contributed by atoms with E-state index < -0.39 is 112 Å². The maximum Gasteiger partial charge on any atom is 0.408 e. The number of fused-ring (bicyclic) bond motifs is 5. The Morgan fingerprint density at radius 2 is 1.55 bits per heavy atom. The highest BCUT2D eigenvalue weighted by molar-refractivity contribution is 5.94. The van der Waals surface area contributed by atoms with Gasteiger partial charge >= 0.3 is 24.0 Å². The van der Waals surface area contributed by atoms with E-state index >= 15 is 0 Å². The molecule has 2 unspecified atom stereocenters. The monoisotopic (exact) mass is 807 g/mol. The number of carbonyl (C=O) groups is 5. The molecule has 0 spiro atoms. The van der Waals surface area contributed by atoms with Crippen molar-refractivity contribution < 1.29 is 68.1 Å². The van der Waals surface area contributed by atoms with Crippen molar-refractivity contribution in [2.45, 2.75) is 128 Å². The number of aliphatic hydroxyl groups is 4. The third-order valence-corrected chi connectivity index (χ3v) is 12.6. The Morgan fingerprint density at radius 1 is 0.948 bits per heavy atom. The van der Waals surface area contributed by atoms with Crippen molar-refractivity contribution in [1.29, 1.82) is 0 Å². The lowest BCUT2D eigenvalue weighted by Gasteiger charge is -2.67. The SMILES string of the molecule is CC(=O)O[C@@]12CO[C@@H]1C[C@@H](O)[C@@]1(C)C(=O)[C@H](O)C3=C(C)[C@@H](OC(=O)[C@H](O)[C@@H](NC(=O)OC(C)(C)C)c4ccccc4)C[C@@](O)(C(OC(=O)c4ccccc4)C12)C3(C)C. The predicted octanol–water partition coefficient (Wildman–Crippen LogP) is 3.26. The molecule has 0 radical (unpaired) electrons. The van der Waals surface area contributed by atoms with Gasteiger partial charge in [0.15, 0.2) is 17.5 Å². The van der Waals surface area contributed by atoms with E-state index in [2.05, 4.69) is 5.32 Å². The molecule has 4 aliphatic rings. The average Bonchev–Trinajstić information content (AvgIpc) is 3.14. The van der Waals surface area contributed by atoms with E-state index in [1.807, 2.05) is 0 Å². The van der Waals surface area contributed by atoms with E-state index in [1.54, 1.807) is 83.1 Å². The Labute approximate surface area is 336 Å². The van der Waals surface area contributed by atoms with Crippen molar-refractivity contribution in [3.63, 3.8) is 0 Å². The summed E-state index contributed by atoms with van der Waals surface area (Å²) < 4.78 is 29.5. The normalized spacial score (nSPS) is 33.7. The highest BCUT2D eigenvalue weighted by Crippen LogP contribution is 2.64. The van der Waals surface area contributed by atoms with Crippen molar-refractivity contribution in [1.82, 2.24) is 5.32 Å². The third kappa shape index (κ3) is 7.10. The van der Waals surface area contributed by atoms with Gasteiger partial charge in [-0.25, -0.2) is 14.4 Å². The Morgan fingerprint density at radius 3 is 2.10 bits per heavy atom. The fourth-order valence-corrected chi connectivity index (χ4v) is 9.56. The van der Waals surface area contributed by atoms with Crippen molar-refractivity contribution in [2.75, 3.05) is 6.61 Å². The van der Waals surface area contributed by atoms with Gasteiger partial charge in [0.05, 0.1) is 35.6 Å². The summed E-state index contributed by atoms with van der Waals surface area (Å²) in [4.78, 5) is 68.9. The average molecular weight is 808 g/mol. The van der Waals surface area contributed by atoms with E-state index in [4.69, 9.17) is 23.7 Å². The van der Waals surface area contributed by atoms with Gasteiger partial charge in [-0.1, -0.05) is 62.4 Å². The Bertz CT molecular complexity index is 1980. The molecular weight excluding hydrogens is 754 g/mol. The van der Waals surface area contributed by atoms with E-state index in [-0.39, 0.29) is 29.7 Å². The summed E-state index contributed by atoms with van der Waals surface area (Å²) in [5.74, 6) is -5.36. The summed E-state index contributed by atoms with van der Waals surface area (Å²) in [7, 11) is 0. The lowest BCUT2D eigenvalue weighted by atomic mass is 9.44. The Hall–Kier alpha value is -4.67. The Balaban J connectivity index is 1.49. The third-order valence-electron chi connectivity index (χ3n) is 12.6. The van der Waals surface area contributed by atoms with E-state index in [0.29, 0.717) is 5.56 Å². The number of aliphatic hydroxyl groups excluding tert-OH is 3. The molecule has 0 aromatic heterocycles. The molecule has 11 atom stereocenters. The summed E-state index contributed by atoms with van der Waals surface area (Å²) in [6.45, 7) is 11.8. The topological polar surface area (TPSA) is 224 Å². The second kappa shape index (κ2) is 15.2. The highest BCUT2D eigenvalue weighted by atomic mass is 16.6. The second-order valence-electron chi connectivity index (χ2n) is 17.6. The number of carbonyl (C=O) groups excluding carboxylic acids is 5. The zero-order chi connectivity index (χ0) is 42.7. The Kier molecular flexibility index (Phi) is 11.2. The number of alkyl carbamates (subject to hydrolysis) is 1. The zero-order valence-electron chi connectivity index (χ0n) is 33.9. The van der Waals surface area contributed by atoms with Crippen LogP contribution in [0.3, 0.4) is 0 Å². The lowest BCUT2D eigenvalue weighted by Crippen LogP contribution is -2.81. The first-order chi connectivity index (χ1) is 27.0. The molecule has 58 heavy (non-hydrogen) atoms. The number of hydrogen-bond acceptors (Lipinski definition) is 14. The van der Waals surface area contributed by atoms with Crippen LogP contribution in [0.1, 0.15) is 90.2 Å². The van der Waals surface area contributed by atoms with Crippen LogP contribution in [-0.2, 0) is 38.1 Å². The van der Waals surface area contributed by atoms with Gasteiger partial charge in [0.2, 0.25) is 0 Å². The predicted molar refractivity (Wildman–Crippen MR) is 204 cm³/mol. The van der Waals surface area contributed by atoms with Gasteiger partial charge in [-0.3, -0.25) is 9.59 Å². The van der Waals surface area contributed by atoms with E-state index in [0.717, 1.165) is 6.92 Å². The lowest BCUT2D eigenvalue weighted by molar-refractivity contribution is -0.346. The van der Waals surface area contributed by atoms with Crippen molar-refractivity contribution in [3.05, 3.63) is 82.9 Å². The van der Waals surface area contributed by atoms with Gasteiger partial charge < -0.3 is 49.4 Å². The highest BCUT2D eigenvalue weighted by Gasteiger charge is 2.78. The number of hydrogen-bond donors (Lipinski definition) is 5. The molecule has 5 N–H and O–H groups in total. The molecular formula is C43H53NO14. The number of Topliss-reactive ketones (excluding diaryl/α,β-unsaturated/α-hetero) is 1. The van der Waals surface area contributed by atoms with Gasteiger partial charge in [0, 0.05) is 25.2 Å². The molecule has 1 saturated heterocycles. The minimum Gasteiger partial charge on any atom is -0.456 e. The fourth-order valence-electron chi connectivity index (χ4n) is 9.56. The first kappa shape index (κ1) is 42.9. The summed E-state index contributed by atoms with van der Waals surface area (Å²) in [5.41, 5.74) is -8.14. The van der Waals surface area contributed by atoms with Crippen molar-refractivity contribution >= 4 is 29.8 Å². The maximum absolute atomic E-state index is 14.9. The number of nitrogens with one attached hydrogen (secondary N) is 1. The minimum atomic E-state index is -2.35. The number of amides is 1. The molecule has 1 amide bonds.